The molecule has 8 heteroatoms. The summed E-state index contributed by atoms with van der Waals surface area (Å²) < 4.78 is 0. The highest BCUT2D eigenvalue weighted by Crippen LogP contribution is 2.31. The van der Waals surface area contributed by atoms with E-state index in [-0.39, 0.29) is 28.4 Å². The summed E-state index contributed by atoms with van der Waals surface area (Å²) in [7, 11) is 0. The van der Waals surface area contributed by atoms with Crippen molar-refractivity contribution >= 4 is 29.1 Å². The molecule has 0 radical (unpaired) electrons. The fourth-order valence-electron chi connectivity index (χ4n) is 3.43. The predicted octanol–water partition coefficient (Wildman–Crippen LogP) is 3.37. The number of hydrogen-bond acceptors (Lipinski definition) is 5. The van der Waals surface area contributed by atoms with E-state index >= 15 is 0 Å². The van der Waals surface area contributed by atoms with Crippen molar-refractivity contribution in [3.63, 3.8) is 0 Å². The van der Waals surface area contributed by atoms with Crippen LogP contribution in [0.5, 0.6) is 0 Å². The van der Waals surface area contributed by atoms with Crippen LogP contribution < -0.4 is 10.2 Å². The standard InChI is InChI=1S/C23H17N3O5/c27-21(24-12-11-15-5-2-1-3-6-15)16-7-4-8-17(13-16)25-22(28)19-10-9-18(26(30)31)14-20(19)23(25)29/h1-10,13-14H,11-12H2,(H,24,27). The SMILES string of the molecule is O=C(NCCc1ccccc1)c1cccc(N2C(=O)c3ccc([N+](=O)[O-])cc3C2=O)c1. The second kappa shape index (κ2) is 8.19. The first-order valence-electron chi connectivity index (χ1n) is 9.55. The minimum atomic E-state index is -0.662. The monoisotopic (exact) mass is 415 g/mol. The molecule has 0 saturated carbocycles. The number of nitro groups is 1. The summed E-state index contributed by atoms with van der Waals surface area (Å²) in [6.07, 6.45) is 0.670. The molecule has 3 aromatic carbocycles. The van der Waals surface area contributed by atoms with Gasteiger partial charge in [0.05, 0.1) is 21.7 Å². The molecule has 1 heterocycles. The van der Waals surface area contributed by atoms with Gasteiger partial charge >= 0.3 is 0 Å². The van der Waals surface area contributed by atoms with Crippen LogP contribution in [0.4, 0.5) is 11.4 Å². The molecule has 3 aromatic rings. The summed E-state index contributed by atoms with van der Waals surface area (Å²) in [6, 6.07) is 19.4. The molecule has 154 valence electrons. The normalized spacial score (nSPS) is 12.6. The van der Waals surface area contributed by atoms with Crippen molar-refractivity contribution in [3.8, 4) is 0 Å². The molecule has 8 nitrogen and oxygen atoms in total. The Labute approximate surface area is 177 Å². The van der Waals surface area contributed by atoms with Crippen LogP contribution in [-0.4, -0.2) is 29.2 Å². The molecule has 4 rings (SSSR count). The Morgan fingerprint density at radius 2 is 1.65 bits per heavy atom. The lowest BCUT2D eigenvalue weighted by Gasteiger charge is -2.15. The molecule has 0 atom stereocenters. The zero-order chi connectivity index (χ0) is 22.0. The highest BCUT2D eigenvalue weighted by Gasteiger charge is 2.38. The molecule has 0 fully saturated rings. The number of anilines is 1. The van der Waals surface area contributed by atoms with Gasteiger partial charge in [0.1, 0.15) is 0 Å². The number of nitrogens with zero attached hydrogens (tertiary/aromatic N) is 2. The number of fused-ring (bicyclic) bond motifs is 1. The van der Waals surface area contributed by atoms with Crippen LogP contribution in [0.1, 0.15) is 36.6 Å². The molecule has 1 aliphatic rings. The minimum Gasteiger partial charge on any atom is -0.352 e. The highest BCUT2D eigenvalue weighted by atomic mass is 16.6. The quantitative estimate of drug-likeness (QED) is 0.377. The molecular formula is C23H17N3O5. The Morgan fingerprint density at radius 3 is 2.39 bits per heavy atom. The molecule has 0 aliphatic carbocycles. The van der Waals surface area contributed by atoms with Gasteiger partial charge < -0.3 is 5.32 Å². The van der Waals surface area contributed by atoms with Gasteiger partial charge in [-0.05, 0) is 36.2 Å². The number of rotatable bonds is 6. The smallest absolute Gasteiger partial charge is 0.270 e. The number of carbonyl (C=O) groups excluding carboxylic acids is 3. The van der Waals surface area contributed by atoms with E-state index in [1.807, 2.05) is 30.3 Å². The van der Waals surface area contributed by atoms with E-state index in [2.05, 4.69) is 5.32 Å². The molecule has 31 heavy (non-hydrogen) atoms. The van der Waals surface area contributed by atoms with E-state index in [0.29, 0.717) is 18.5 Å². The topological polar surface area (TPSA) is 110 Å². The Kier molecular flexibility index (Phi) is 5.28. The van der Waals surface area contributed by atoms with E-state index < -0.39 is 16.7 Å². The Morgan fingerprint density at radius 1 is 0.903 bits per heavy atom. The van der Waals surface area contributed by atoms with Gasteiger partial charge in [-0.3, -0.25) is 24.5 Å². The average molecular weight is 415 g/mol. The molecule has 0 aromatic heterocycles. The molecular weight excluding hydrogens is 398 g/mol. The van der Waals surface area contributed by atoms with Gasteiger partial charge in [0.25, 0.3) is 23.4 Å². The lowest BCUT2D eigenvalue weighted by atomic mass is 10.1. The molecule has 0 unspecified atom stereocenters. The van der Waals surface area contributed by atoms with Crippen LogP contribution in [0.15, 0.2) is 72.8 Å². The maximum atomic E-state index is 12.8. The first-order chi connectivity index (χ1) is 15.0. The van der Waals surface area contributed by atoms with Gasteiger partial charge in [0.2, 0.25) is 0 Å². The van der Waals surface area contributed by atoms with Crippen molar-refractivity contribution in [3.05, 3.63) is 105 Å². The number of non-ortho nitro benzene ring substituents is 1. The number of benzene rings is 3. The van der Waals surface area contributed by atoms with Gasteiger partial charge in [0.15, 0.2) is 0 Å². The van der Waals surface area contributed by atoms with E-state index in [1.54, 1.807) is 12.1 Å². The zero-order valence-corrected chi connectivity index (χ0v) is 16.3. The molecule has 0 spiro atoms. The van der Waals surface area contributed by atoms with Crippen LogP contribution in [0, 0.1) is 10.1 Å². The number of carbonyl (C=O) groups is 3. The summed E-state index contributed by atoms with van der Waals surface area (Å²) in [5, 5.41) is 13.8. The number of imide groups is 1. The van der Waals surface area contributed by atoms with Crippen LogP contribution >= 0.6 is 0 Å². The maximum Gasteiger partial charge on any atom is 0.270 e. The predicted molar refractivity (Wildman–Crippen MR) is 113 cm³/mol. The first kappa shape index (κ1) is 20.0. The summed E-state index contributed by atoms with van der Waals surface area (Å²) in [5.41, 5.74) is 1.41. The van der Waals surface area contributed by atoms with Crippen molar-refractivity contribution in [1.29, 1.82) is 0 Å². The molecule has 3 amide bonds. The number of nitro benzene ring substituents is 1. The van der Waals surface area contributed by atoms with Crippen molar-refractivity contribution in [2.45, 2.75) is 6.42 Å². The minimum absolute atomic E-state index is 0.0306. The van der Waals surface area contributed by atoms with Crippen LogP contribution in [0.25, 0.3) is 0 Å². The third kappa shape index (κ3) is 3.91. The lowest BCUT2D eigenvalue weighted by Crippen LogP contribution is -2.30. The zero-order valence-electron chi connectivity index (χ0n) is 16.3. The van der Waals surface area contributed by atoms with Gasteiger partial charge in [-0.25, -0.2) is 4.90 Å². The van der Waals surface area contributed by atoms with Crippen molar-refractivity contribution in [2.24, 2.45) is 0 Å². The van der Waals surface area contributed by atoms with Crippen LogP contribution in [-0.2, 0) is 6.42 Å². The Bertz CT molecular complexity index is 1210. The largest absolute Gasteiger partial charge is 0.352 e. The van der Waals surface area contributed by atoms with Gasteiger partial charge in [-0.1, -0.05) is 36.4 Å². The average Bonchev–Trinajstić information content (AvgIpc) is 3.04. The van der Waals surface area contributed by atoms with Crippen LogP contribution in [0.2, 0.25) is 0 Å². The lowest BCUT2D eigenvalue weighted by molar-refractivity contribution is -0.384. The third-order valence-electron chi connectivity index (χ3n) is 4.99. The van der Waals surface area contributed by atoms with E-state index in [1.165, 1.54) is 24.3 Å². The number of nitrogens with one attached hydrogen (secondary N) is 1. The summed E-state index contributed by atoms with van der Waals surface area (Å²) >= 11 is 0. The summed E-state index contributed by atoms with van der Waals surface area (Å²) in [5.74, 6) is -1.58. The van der Waals surface area contributed by atoms with Crippen molar-refractivity contribution in [2.75, 3.05) is 11.4 Å². The Balaban J connectivity index is 1.51. The van der Waals surface area contributed by atoms with Gasteiger partial charge in [-0.2, -0.15) is 0 Å². The van der Waals surface area contributed by atoms with Crippen molar-refractivity contribution < 1.29 is 19.3 Å². The second-order valence-electron chi connectivity index (χ2n) is 6.97. The molecule has 1 N–H and O–H groups in total. The summed E-state index contributed by atoms with van der Waals surface area (Å²) in [4.78, 5) is 49.3. The van der Waals surface area contributed by atoms with Gasteiger partial charge in [-0.15, -0.1) is 0 Å². The summed E-state index contributed by atoms with van der Waals surface area (Å²) in [6.45, 7) is 0.434. The number of hydrogen-bond donors (Lipinski definition) is 1. The molecule has 1 aliphatic heterocycles. The van der Waals surface area contributed by atoms with Crippen molar-refractivity contribution in [1.82, 2.24) is 5.32 Å². The van der Waals surface area contributed by atoms with E-state index in [4.69, 9.17) is 0 Å². The maximum absolute atomic E-state index is 12.8. The highest BCUT2D eigenvalue weighted by molar-refractivity contribution is 6.34. The first-order valence-corrected chi connectivity index (χ1v) is 9.55. The van der Waals surface area contributed by atoms with Gasteiger partial charge in [0, 0.05) is 24.2 Å². The van der Waals surface area contributed by atoms with E-state index in [0.717, 1.165) is 16.5 Å². The fraction of sp³-hybridized carbons (Fsp3) is 0.0870. The molecule has 0 saturated heterocycles. The number of amides is 3. The fourth-order valence-corrected chi connectivity index (χ4v) is 3.43. The molecule has 0 bridgehead atoms. The van der Waals surface area contributed by atoms with E-state index in [9.17, 15) is 24.5 Å². The third-order valence-corrected chi connectivity index (χ3v) is 4.99. The Hall–Kier alpha value is -4.33. The van der Waals surface area contributed by atoms with Crippen LogP contribution in [0.3, 0.4) is 0 Å². The second-order valence-corrected chi connectivity index (χ2v) is 6.97.